The van der Waals surface area contributed by atoms with E-state index in [-0.39, 0.29) is 12.5 Å². The highest BCUT2D eigenvalue weighted by Crippen LogP contribution is 2.29. The van der Waals surface area contributed by atoms with Crippen LogP contribution in [-0.2, 0) is 4.79 Å². The molecule has 6 nitrogen and oxygen atoms in total. The third-order valence-corrected chi connectivity index (χ3v) is 5.08. The van der Waals surface area contributed by atoms with Crippen LogP contribution in [0.25, 0.3) is 10.2 Å². The Kier molecular flexibility index (Phi) is 4.47. The van der Waals surface area contributed by atoms with E-state index >= 15 is 0 Å². The zero-order valence-corrected chi connectivity index (χ0v) is 14.4. The molecule has 1 aliphatic carbocycles. The van der Waals surface area contributed by atoms with Crippen LogP contribution in [0.4, 0.5) is 10.9 Å². The van der Waals surface area contributed by atoms with Crippen molar-refractivity contribution in [2.24, 2.45) is 0 Å². The van der Waals surface area contributed by atoms with Crippen molar-refractivity contribution in [3.05, 3.63) is 42.6 Å². The van der Waals surface area contributed by atoms with Crippen molar-refractivity contribution in [1.29, 1.82) is 0 Å². The molecule has 0 spiro atoms. The summed E-state index contributed by atoms with van der Waals surface area (Å²) < 4.78 is 6.33. The first-order valence-corrected chi connectivity index (χ1v) is 9.09. The van der Waals surface area contributed by atoms with E-state index in [1.807, 2.05) is 6.07 Å². The number of ether oxygens (including phenoxy) is 1. The molecule has 0 atom stereocenters. The number of hydrogen-bond donors (Lipinski definition) is 2. The van der Waals surface area contributed by atoms with Gasteiger partial charge in [0, 0.05) is 12.2 Å². The number of rotatable bonds is 2. The molecular weight excluding hydrogens is 336 g/mol. The first kappa shape index (κ1) is 15.8. The van der Waals surface area contributed by atoms with Crippen molar-refractivity contribution in [3.8, 4) is 5.75 Å². The van der Waals surface area contributed by atoms with Gasteiger partial charge in [-0.3, -0.25) is 4.79 Å². The fraction of sp³-hybridized carbons (Fsp3) is 0.278. The molecule has 25 heavy (non-hydrogen) atoms. The Morgan fingerprint density at radius 3 is 2.88 bits per heavy atom. The highest BCUT2D eigenvalue weighted by atomic mass is 32.1. The lowest BCUT2D eigenvalue weighted by molar-refractivity contribution is -0.118. The van der Waals surface area contributed by atoms with Crippen LogP contribution in [0.2, 0.25) is 0 Å². The van der Waals surface area contributed by atoms with E-state index in [1.165, 1.54) is 24.0 Å². The summed E-state index contributed by atoms with van der Waals surface area (Å²) in [4.78, 5) is 19.2. The van der Waals surface area contributed by atoms with Crippen LogP contribution in [0.1, 0.15) is 19.3 Å². The van der Waals surface area contributed by atoms with E-state index in [4.69, 9.17) is 4.74 Å². The average Bonchev–Trinajstić information content (AvgIpc) is 3.01. The number of pyridine rings is 1. The number of carbonyl (C=O) groups excluding carboxylic acids is 1. The number of thiazole rings is 1. The number of nitrogens with one attached hydrogen (secondary N) is 2. The van der Waals surface area contributed by atoms with Crippen molar-refractivity contribution in [1.82, 2.24) is 9.97 Å². The molecule has 2 aromatic heterocycles. The molecule has 0 saturated heterocycles. The third-order valence-electron chi connectivity index (χ3n) is 4.11. The van der Waals surface area contributed by atoms with Gasteiger partial charge in [-0.05, 0) is 43.5 Å². The second-order valence-corrected chi connectivity index (χ2v) is 6.98. The van der Waals surface area contributed by atoms with Crippen molar-refractivity contribution >= 4 is 38.4 Å². The molecule has 128 valence electrons. The molecule has 2 aliphatic rings. The van der Waals surface area contributed by atoms with Gasteiger partial charge in [0.05, 0.1) is 10.2 Å². The van der Waals surface area contributed by atoms with Gasteiger partial charge in [-0.25, -0.2) is 9.97 Å². The summed E-state index contributed by atoms with van der Waals surface area (Å²) in [5, 5.41) is 7.14. The molecule has 0 unspecified atom stereocenters. The quantitative estimate of drug-likeness (QED) is 0.734. The van der Waals surface area contributed by atoms with E-state index in [1.54, 1.807) is 29.7 Å². The molecule has 1 fully saturated rings. The predicted molar refractivity (Wildman–Crippen MR) is 99.2 cm³/mol. The largest absolute Gasteiger partial charge is 0.480 e. The lowest BCUT2D eigenvalue weighted by atomic mass is 9.93. The first-order chi connectivity index (χ1) is 12.3. The Labute approximate surface area is 149 Å². The monoisotopic (exact) mass is 354 g/mol. The number of aromatic nitrogens is 2. The lowest BCUT2D eigenvalue weighted by Gasteiger charge is -2.25. The van der Waals surface area contributed by atoms with Gasteiger partial charge in [0.25, 0.3) is 5.91 Å². The van der Waals surface area contributed by atoms with Gasteiger partial charge in [-0.1, -0.05) is 23.5 Å². The molecule has 1 aromatic carbocycles. The van der Waals surface area contributed by atoms with Gasteiger partial charge in [0.1, 0.15) is 0 Å². The summed E-state index contributed by atoms with van der Waals surface area (Å²) in [5.74, 6) is 0.979. The summed E-state index contributed by atoms with van der Waals surface area (Å²) in [5.41, 5.74) is 1.11. The van der Waals surface area contributed by atoms with Gasteiger partial charge >= 0.3 is 0 Å². The SMILES string of the molecule is O=C1COc2cccnc2N1.c1ccc2sc(NC3CCC3)nc2c1. The molecule has 1 amide bonds. The van der Waals surface area contributed by atoms with E-state index in [0.29, 0.717) is 17.6 Å². The Hall–Kier alpha value is -2.67. The molecular formula is C18H18N4O2S. The number of benzene rings is 1. The minimum Gasteiger partial charge on any atom is -0.480 e. The molecule has 1 saturated carbocycles. The molecule has 3 heterocycles. The topological polar surface area (TPSA) is 76.1 Å². The first-order valence-electron chi connectivity index (χ1n) is 8.28. The second-order valence-electron chi connectivity index (χ2n) is 5.95. The van der Waals surface area contributed by atoms with Crippen molar-refractivity contribution in [2.45, 2.75) is 25.3 Å². The molecule has 7 heteroatoms. The minimum absolute atomic E-state index is 0.0820. The van der Waals surface area contributed by atoms with Gasteiger partial charge in [0.15, 0.2) is 23.3 Å². The van der Waals surface area contributed by atoms with Crippen molar-refractivity contribution < 1.29 is 9.53 Å². The zero-order chi connectivity index (χ0) is 17.1. The third kappa shape index (κ3) is 3.71. The van der Waals surface area contributed by atoms with Crippen LogP contribution in [0.5, 0.6) is 5.75 Å². The number of nitrogens with zero attached hydrogens (tertiary/aromatic N) is 2. The van der Waals surface area contributed by atoms with Crippen LogP contribution in [0.15, 0.2) is 42.6 Å². The fourth-order valence-corrected chi connectivity index (χ4v) is 3.52. The van der Waals surface area contributed by atoms with Gasteiger partial charge in [-0.15, -0.1) is 0 Å². The molecule has 1 aliphatic heterocycles. The van der Waals surface area contributed by atoms with E-state index in [0.717, 1.165) is 10.6 Å². The fourth-order valence-electron chi connectivity index (χ4n) is 2.57. The van der Waals surface area contributed by atoms with Gasteiger partial charge in [0.2, 0.25) is 0 Å². The van der Waals surface area contributed by atoms with Crippen LogP contribution >= 0.6 is 11.3 Å². The van der Waals surface area contributed by atoms with Crippen LogP contribution < -0.4 is 15.4 Å². The molecule has 5 rings (SSSR count). The summed E-state index contributed by atoms with van der Waals surface area (Å²) in [6, 6.07) is 12.5. The van der Waals surface area contributed by atoms with Gasteiger partial charge in [-0.2, -0.15) is 0 Å². The Morgan fingerprint density at radius 2 is 2.08 bits per heavy atom. The van der Waals surface area contributed by atoms with E-state index < -0.39 is 0 Å². The number of hydrogen-bond acceptors (Lipinski definition) is 6. The summed E-state index contributed by atoms with van der Waals surface area (Å²) in [6.07, 6.45) is 5.57. The van der Waals surface area contributed by atoms with Gasteiger partial charge < -0.3 is 15.4 Å². The van der Waals surface area contributed by atoms with Crippen LogP contribution in [0, 0.1) is 0 Å². The maximum absolute atomic E-state index is 10.7. The summed E-state index contributed by atoms with van der Waals surface area (Å²) in [6.45, 7) is 0.0820. The molecule has 0 radical (unpaired) electrons. The summed E-state index contributed by atoms with van der Waals surface area (Å²) >= 11 is 1.75. The van der Waals surface area contributed by atoms with Crippen molar-refractivity contribution in [3.63, 3.8) is 0 Å². The Balaban J connectivity index is 0.000000129. The molecule has 0 bridgehead atoms. The number of para-hydroxylation sites is 1. The number of fused-ring (bicyclic) bond motifs is 2. The number of carbonyl (C=O) groups is 1. The highest BCUT2D eigenvalue weighted by Gasteiger charge is 2.18. The van der Waals surface area contributed by atoms with E-state index in [9.17, 15) is 4.79 Å². The molecule has 2 N–H and O–H groups in total. The van der Waals surface area contributed by atoms with Crippen LogP contribution in [0.3, 0.4) is 0 Å². The number of amides is 1. The average molecular weight is 354 g/mol. The number of anilines is 2. The standard InChI is InChI=1S/C11H12N2S.C7H6N2O2/c1-2-7-10-9(6-1)13-11(14-10)12-8-4-3-5-8;10-6-4-11-5-2-1-3-8-7(5)9-6/h1-2,6-8H,3-5H2,(H,12,13);1-3H,4H2,(H,8,9,10). The Morgan fingerprint density at radius 1 is 1.20 bits per heavy atom. The minimum atomic E-state index is -0.156. The Bertz CT molecular complexity index is 858. The summed E-state index contributed by atoms with van der Waals surface area (Å²) in [7, 11) is 0. The van der Waals surface area contributed by atoms with Crippen molar-refractivity contribution in [2.75, 3.05) is 17.2 Å². The second kappa shape index (κ2) is 7.06. The van der Waals surface area contributed by atoms with E-state index in [2.05, 4.69) is 38.8 Å². The maximum atomic E-state index is 10.7. The maximum Gasteiger partial charge on any atom is 0.263 e. The predicted octanol–water partition coefficient (Wildman–Crippen LogP) is 3.67. The lowest BCUT2D eigenvalue weighted by Crippen LogP contribution is -2.26. The zero-order valence-electron chi connectivity index (χ0n) is 13.6. The van der Waals surface area contributed by atoms with Crippen LogP contribution in [-0.4, -0.2) is 28.5 Å². The highest BCUT2D eigenvalue weighted by molar-refractivity contribution is 7.22. The normalized spacial score (nSPS) is 15.9. The smallest absolute Gasteiger partial charge is 0.263 e. The molecule has 3 aromatic rings.